The minimum atomic E-state index is 1.06. The fraction of sp³-hybridized carbons (Fsp3) is 0. The minimum absolute atomic E-state index is 1.06. The van der Waals surface area contributed by atoms with Crippen LogP contribution in [-0.2, 0) is 0 Å². The summed E-state index contributed by atoms with van der Waals surface area (Å²) >= 11 is 7.15. The SMILES string of the molecule is c1nc2cc(-c3ccc(-c4cc5ccc6c(ccc7cc(-c8ccc(-c9ccc%10scnc%10c9)cc8)sc76)c5s4)cc3)ccc2s1. The smallest absolute Gasteiger partial charge is 0.0818 e. The summed E-state index contributed by atoms with van der Waals surface area (Å²) in [4.78, 5) is 11.6. The monoisotopic (exact) mass is 658 g/mol. The van der Waals surface area contributed by atoms with E-state index in [2.05, 4.69) is 131 Å². The van der Waals surface area contributed by atoms with Gasteiger partial charge in [-0.3, -0.25) is 0 Å². The van der Waals surface area contributed by atoms with Crippen molar-refractivity contribution in [3.05, 3.63) is 132 Å². The molecule has 0 saturated carbocycles. The molecule has 4 aromatic heterocycles. The highest BCUT2D eigenvalue weighted by Gasteiger charge is 2.13. The lowest BCUT2D eigenvalue weighted by atomic mass is 10.0. The molecular weight excluding hydrogens is 637 g/mol. The number of aromatic nitrogens is 2. The molecule has 0 radical (unpaired) electrons. The van der Waals surface area contributed by atoms with E-state index in [-0.39, 0.29) is 0 Å². The van der Waals surface area contributed by atoms with E-state index in [1.54, 1.807) is 22.7 Å². The predicted molar refractivity (Wildman–Crippen MR) is 203 cm³/mol. The fourth-order valence-corrected chi connectivity index (χ4v) is 10.1. The Hall–Kier alpha value is -4.72. The highest BCUT2D eigenvalue weighted by molar-refractivity contribution is 7.24. The zero-order valence-electron chi connectivity index (χ0n) is 24.2. The number of rotatable bonds is 4. The van der Waals surface area contributed by atoms with Crippen molar-refractivity contribution in [1.82, 2.24) is 9.97 Å². The molecule has 0 spiro atoms. The Morgan fingerprint density at radius 3 is 1.24 bits per heavy atom. The fourth-order valence-electron chi connectivity index (χ4n) is 6.41. The van der Waals surface area contributed by atoms with Gasteiger partial charge in [0.05, 0.1) is 31.5 Å². The highest BCUT2D eigenvalue weighted by atomic mass is 32.1. The van der Waals surface area contributed by atoms with Gasteiger partial charge in [0.2, 0.25) is 0 Å². The molecule has 4 heterocycles. The van der Waals surface area contributed by atoms with Crippen LogP contribution in [0.25, 0.3) is 94.5 Å². The van der Waals surface area contributed by atoms with Crippen LogP contribution in [0.1, 0.15) is 0 Å². The molecule has 0 aliphatic heterocycles. The van der Waals surface area contributed by atoms with E-state index in [9.17, 15) is 0 Å². The molecule has 216 valence electrons. The van der Waals surface area contributed by atoms with Gasteiger partial charge in [-0.05, 0) is 80.6 Å². The van der Waals surface area contributed by atoms with Crippen molar-refractivity contribution in [1.29, 1.82) is 0 Å². The van der Waals surface area contributed by atoms with Gasteiger partial charge in [0.25, 0.3) is 0 Å². The minimum Gasteiger partial charge on any atom is -0.245 e. The van der Waals surface area contributed by atoms with E-state index >= 15 is 0 Å². The molecule has 2 nitrogen and oxygen atoms in total. The highest BCUT2D eigenvalue weighted by Crippen LogP contribution is 2.43. The van der Waals surface area contributed by atoms with Gasteiger partial charge in [-0.25, -0.2) is 9.97 Å². The first kappa shape index (κ1) is 26.5. The normalized spacial score (nSPS) is 11.9. The second-order valence-electron chi connectivity index (χ2n) is 11.5. The molecule has 0 unspecified atom stereocenters. The van der Waals surface area contributed by atoms with Gasteiger partial charge in [0, 0.05) is 29.9 Å². The molecule has 6 heteroatoms. The largest absolute Gasteiger partial charge is 0.245 e. The summed E-state index contributed by atoms with van der Waals surface area (Å²) in [7, 11) is 0. The number of hydrogen-bond donors (Lipinski definition) is 0. The first-order valence-electron chi connectivity index (χ1n) is 15.0. The average Bonchev–Trinajstić information content (AvgIpc) is 3.93. The van der Waals surface area contributed by atoms with Crippen molar-refractivity contribution in [3.63, 3.8) is 0 Å². The van der Waals surface area contributed by atoms with Crippen LogP contribution in [0.3, 0.4) is 0 Å². The van der Waals surface area contributed by atoms with Crippen molar-refractivity contribution in [2.24, 2.45) is 0 Å². The van der Waals surface area contributed by atoms with Crippen LogP contribution in [0.4, 0.5) is 0 Å². The van der Waals surface area contributed by atoms with Crippen LogP contribution >= 0.6 is 45.3 Å². The molecule has 0 amide bonds. The van der Waals surface area contributed by atoms with E-state index < -0.39 is 0 Å². The predicted octanol–water partition coefficient (Wildman–Crippen LogP) is 13.2. The zero-order chi connectivity index (χ0) is 30.2. The first-order valence-corrected chi connectivity index (χ1v) is 18.4. The lowest BCUT2D eigenvalue weighted by Gasteiger charge is -2.04. The summed E-state index contributed by atoms with van der Waals surface area (Å²) in [6.07, 6.45) is 0. The molecule has 10 aromatic rings. The number of hydrogen-bond acceptors (Lipinski definition) is 6. The Morgan fingerprint density at radius 1 is 0.370 bits per heavy atom. The summed E-state index contributed by atoms with van der Waals surface area (Å²) in [6, 6.07) is 44.9. The average molecular weight is 659 g/mol. The Kier molecular flexibility index (Phi) is 5.99. The summed E-state index contributed by atoms with van der Waals surface area (Å²) in [5.74, 6) is 0. The van der Waals surface area contributed by atoms with E-state index in [4.69, 9.17) is 0 Å². The van der Waals surface area contributed by atoms with Gasteiger partial charge in [0.15, 0.2) is 0 Å². The van der Waals surface area contributed by atoms with E-state index in [0.29, 0.717) is 0 Å². The van der Waals surface area contributed by atoms with Crippen LogP contribution in [0.2, 0.25) is 0 Å². The summed E-state index contributed by atoms with van der Waals surface area (Å²) < 4.78 is 5.15. The van der Waals surface area contributed by atoms with Gasteiger partial charge < -0.3 is 0 Å². The van der Waals surface area contributed by atoms with Crippen molar-refractivity contribution in [2.75, 3.05) is 0 Å². The standard InChI is InChI=1S/C40H22N2S4/c1-5-25(6-2-23(1)27-11-15-35-33(17-27)41-21-43-35)37-19-29-9-13-32-31(39(29)45-37)14-10-30-20-38(46-40(30)32)26-7-3-24(4-8-26)28-12-16-36-34(18-28)42-22-44-36/h1-22H. The van der Waals surface area contributed by atoms with Gasteiger partial charge >= 0.3 is 0 Å². The number of thiophene rings is 2. The third kappa shape index (κ3) is 4.33. The Balaban J connectivity index is 0.981. The van der Waals surface area contributed by atoms with Crippen LogP contribution < -0.4 is 0 Å². The molecule has 0 fully saturated rings. The Labute approximate surface area is 280 Å². The Bertz CT molecular complexity index is 2550. The number of nitrogens with zero attached hydrogens (tertiary/aromatic N) is 2. The topological polar surface area (TPSA) is 25.8 Å². The molecule has 6 aromatic carbocycles. The van der Waals surface area contributed by atoms with Crippen LogP contribution in [0.5, 0.6) is 0 Å². The quantitative estimate of drug-likeness (QED) is 0.188. The molecular formula is C40H22N2S4. The maximum Gasteiger partial charge on any atom is 0.0818 e. The molecule has 0 aliphatic rings. The van der Waals surface area contributed by atoms with Gasteiger partial charge in [0.1, 0.15) is 0 Å². The van der Waals surface area contributed by atoms with Crippen molar-refractivity contribution >= 4 is 96.7 Å². The second kappa shape index (κ2) is 10.4. The maximum atomic E-state index is 4.49. The number of benzene rings is 6. The van der Waals surface area contributed by atoms with Gasteiger partial charge in [-0.2, -0.15) is 0 Å². The lowest BCUT2D eigenvalue weighted by Crippen LogP contribution is -1.79. The van der Waals surface area contributed by atoms with Crippen molar-refractivity contribution < 1.29 is 0 Å². The molecule has 0 saturated heterocycles. The first-order chi connectivity index (χ1) is 22.7. The van der Waals surface area contributed by atoms with Crippen molar-refractivity contribution in [2.45, 2.75) is 0 Å². The molecule has 10 rings (SSSR count). The molecule has 0 aliphatic carbocycles. The van der Waals surface area contributed by atoms with Crippen LogP contribution in [0.15, 0.2) is 132 Å². The lowest BCUT2D eigenvalue weighted by molar-refractivity contribution is 1.50. The maximum absolute atomic E-state index is 4.49. The summed E-state index contributed by atoms with van der Waals surface area (Å²) in [6.45, 7) is 0. The summed E-state index contributed by atoms with van der Waals surface area (Å²) in [5.41, 5.74) is 13.3. The molecule has 0 atom stereocenters. The molecule has 46 heavy (non-hydrogen) atoms. The van der Waals surface area contributed by atoms with Crippen LogP contribution in [0, 0.1) is 0 Å². The summed E-state index contributed by atoms with van der Waals surface area (Å²) in [5, 5.41) is 5.26. The third-order valence-electron chi connectivity index (χ3n) is 8.83. The second-order valence-corrected chi connectivity index (χ2v) is 15.4. The van der Waals surface area contributed by atoms with E-state index in [0.717, 1.165) is 11.0 Å². The zero-order valence-corrected chi connectivity index (χ0v) is 27.5. The number of thiazole rings is 2. The van der Waals surface area contributed by atoms with Crippen molar-refractivity contribution in [3.8, 4) is 43.1 Å². The molecule has 0 N–H and O–H groups in total. The van der Waals surface area contributed by atoms with E-state index in [1.165, 1.54) is 83.5 Å². The van der Waals surface area contributed by atoms with Crippen LogP contribution in [-0.4, -0.2) is 9.97 Å². The third-order valence-corrected chi connectivity index (χ3v) is 12.9. The Morgan fingerprint density at radius 2 is 0.783 bits per heavy atom. The van der Waals surface area contributed by atoms with Gasteiger partial charge in [-0.15, -0.1) is 45.3 Å². The molecule has 0 bridgehead atoms. The van der Waals surface area contributed by atoms with Gasteiger partial charge in [-0.1, -0.05) is 84.9 Å². The number of fused-ring (bicyclic) bond motifs is 7. The van der Waals surface area contributed by atoms with E-state index in [1.807, 2.05) is 33.7 Å².